The minimum Gasteiger partial charge on any atom is -0.395 e. The highest BCUT2D eigenvalue weighted by Crippen LogP contribution is 2.48. The Morgan fingerprint density at radius 3 is 2.48 bits per heavy atom. The molecule has 1 saturated carbocycles. The quantitative estimate of drug-likeness (QED) is 0.900. The van der Waals surface area contributed by atoms with Gasteiger partial charge in [-0.15, -0.1) is 0 Å². The lowest BCUT2D eigenvalue weighted by atomic mass is 10.1. The van der Waals surface area contributed by atoms with Crippen molar-refractivity contribution in [3.63, 3.8) is 0 Å². The molecule has 0 bridgehead atoms. The SMILES string of the molecule is CCC(CO)N1CCN(C(=O)C2CC2c2ccc(F)cc2)CC1. The lowest BCUT2D eigenvalue weighted by Gasteiger charge is -2.38. The van der Waals surface area contributed by atoms with E-state index in [9.17, 15) is 14.3 Å². The topological polar surface area (TPSA) is 43.8 Å². The first kappa shape index (κ1) is 16.4. The van der Waals surface area contributed by atoms with Gasteiger partial charge in [-0.1, -0.05) is 19.1 Å². The maximum Gasteiger partial charge on any atom is 0.226 e. The van der Waals surface area contributed by atoms with E-state index >= 15 is 0 Å². The number of benzene rings is 1. The number of aliphatic hydroxyl groups is 1. The molecular weight excluding hydrogens is 295 g/mol. The second kappa shape index (κ2) is 6.97. The molecule has 1 saturated heterocycles. The number of amides is 1. The van der Waals surface area contributed by atoms with Crippen LogP contribution in [0.15, 0.2) is 24.3 Å². The Hall–Kier alpha value is -1.46. The molecule has 2 aliphatic rings. The number of rotatable bonds is 5. The Bertz CT molecular complexity index is 536. The van der Waals surface area contributed by atoms with E-state index in [1.807, 2.05) is 4.90 Å². The third kappa shape index (κ3) is 3.56. The van der Waals surface area contributed by atoms with Crippen molar-refractivity contribution >= 4 is 5.91 Å². The van der Waals surface area contributed by atoms with Gasteiger partial charge >= 0.3 is 0 Å². The number of halogens is 1. The van der Waals surface area contributed by atoms with Gasteiger partial charge in [0, 0.05) is 38.1 Å². The highest BCUT2D eigenvalue weighted by molar-refractivity contribution is 5.83. The van der Waals surface area contributed by atoms with Crippen LogP contribution < -0.4 is 0 Å². The Labute approximate surface area is 136 Å². The molecule has 1 N–H and O–H groups in total. The molecule has 3 rings (SSSR count). The van der Waals surface area contributed by atoms with Crippen molar-refractivity contribution in [2.24, 2.45) is 5.92 Å². The predicted molar refractivity (Wildman–Crippen MR) is 86.6 cm³/mol. The van der Waals surface area contributed by atoms with E-state index in [0.29, 0.717) is 0 Å². The first-order chi connectivity index (χ1) is 11.1. The summed E-state index contributed by atoms with van der Waals surface area (Å²) in [7, 11) is 0. The van der Waals surface area contributed by atoms with Gasteiger partial charge in [0.1, 0.15) is 5.82 Å². The van der Waals surface area contributed by atoms with Crippen LogP contribution in [-0.2, 0) is 4.79 Å². The van der Waals surface area contributed by atoms with E-state index in [2.05, 4.69) is 11.8 Å². The molecule has 126 valence electrons. The third-order valence-electron chi connectivity index (χ3n) is 5.23. The van der Waals surface area contributed by atoms with Crippen molar-refractivity contribution in [3.05, 3.63) is 35.6 Å². The monoisotopic (exact) mass is 320 g/mol. The Balaban J connectivity index is 1.52. The molecular formula is C18H25FN2O2. The highest BCUT2D eigenvalue weighted by atomic mass is 19.1. The summed E-state index contributed by atoms with van der Waals surface area (Å²) in [6, 6.07) is 6.72. The van der Waals surface area contributed by atoms with Crippen LogP contribution in [0.25, 0.3) is 0 Å². The van der Waals surface area contributed by atoms with Gasteiger partial charge < -0.3 is 10.0 Å². The first-order valence-corrected chi connectivity index (χ1v) is 8.53. The maximum atomic E-state index is 13.0. The zero-order valence-electron chi connectivity index (χ0n) is 13.6. The highest BCUT2D eigenvalue weighted by Gasteiger charge is 2.46. The fourth-order valence-electron chi connectivity index (χ4n) is 3.59. The van der Waals surface area contributed by atoms with Crippen molar-refractivity contribution < 1.29 is 14.3 Å². The van der Waals surface area contributed by atoms with E-state index in [4.69, 9.17) is 0 Å². The minimum atomic E-state index is -0.234. The summed E-state index contributed by atoms with van der Waals surface area (Å²) in [6.45, 7) is 5.40. The Morgan fingerprint density at radius 2 is 1.91 bits per heavy atom. The summed E-state index contributed by atoms with van der Waals surface area (Å²) in [4.78, 5) is 16.8. The summed E-state index contributed by atoms with van der Waals surface area (Å²) < 4.78 is 13.0. The van der Waals surface area contributed by atoms with Crippen molar-refractivity contribution in [1.29, 1.82) is 0 Å². The molecule has 5 heteroatoms. The van der Waals surface area contributed by atoms with Crippen LogP contribution in [0, 0.1) is 11.7 Å². The average molecular weight is 320 g/mol. The summed E-state index contributed by atoms with van der Waals surface area (Å²) in [6.07, 6.45) is 1.80. The molecule has 1 aliphatic heterocycles. The molecule has 1 amide bonds. The summed E-state index contributed by atoms with van der Waals surface area (Å²) in [5, 5.41) is 9.38. The van der Waals surface area contributed by atoms with Gasteiger partial charge in [-0.05, 0) is 36.5 Å². The van der Waals surface area contributed by atoms with E-state index in [-0.39, 0.29) is 36.2 Å². The van der Waals surface area contributed by atoms with Crippen LogP contribution >= 0.6 is 0 Å². The molecule has 0 aromatic heterocycles. The largest absolute Gasteiger partial charge is 0.395 e. The zero-order valence-corrected chi connectivity index (χ0v) is 13.6. The number of carbonyl (C=O) groups is 1. The maximum absolute atomic E-state index is 13.0. The van der Waals surface area contributed by atoms with Gasteiger partial charge in [0.2, 0.25) is 5.91 Å². The smallest absolute Gasteiger partial charge is 0.226 e. The van der Waals surface area contributed by atoms with Crippen LogP contribution in [0.4, 0.5) is 4.39 Å². The molecule has 1 heterocycles. The first-order valence-electron chi connectivity index (χ1n) is 8.53. The molecule has 1 aromatic rings. The molecule has 1 aliphatic carbocycles. The minimum absolute atomic E-state index is 0.0619. The van der Waals surface area contributed by atoms with Crippen LogP contribution in [0.1, 0.15) is 31.2 Å². The van der Waals surface area contributed by atoms with Crippen molar-refractivity contribution in [1.82, 2.24) is 9.80 Å². The molecule has 3 unspecified atom stereocenters. The van der Waals surface area contributed by atoms with Crippen LogP contribution in [0.3, 0.4) is 0 Å². The van der Waals surface area contributed by atoms with E-state index in [1.165, 1.54) is 12.1 Å². The van der Waals surface area contributed by atoms with Crippen molar-refractivity contribution in [3.8, 4) is 0 Å². The number of hydrogen-bond acceptors (Lipinski definition) is 3. The number of carbonyl (C=O) groups excluding carboxylic acids is 1. The van der Waals surface area contributed by atoms with Gasteiger partial charge in [-0.25, -0.2) is 4.39 Å². The second-order valence-corrected chi connectivity index (χ2v) is 6.61. The van der Waals surface area contributed by atoms with Crippen molar-refractivity contribution in [2.75, 3.05) is 32.8 Å². The molecule has 23 heavy (non-hydrogen) atoms. The molecule has 3 atom stereocenters. The standard InChI is InChI=1S/C18H25FN2O2/c1-2-15(12-22)20-7-9-21(10-8-20)18(23)17-11-16(17)13-3-5-14(19)6-4-13/h3-6,15-17,22H,2,7-12H2,1H3. The predicted octanol–water partition coefficient (Wildman–Crippen LogP) is 1.84. The fraction of sp³-hybridized carbons (Fsp3) is 0.611. The van der Waals surface area contributed by atoms with E-state index in [0.717, 1.165) is 44.6 Å². The lowest BCUT2D eigenvalue weighted by Crippen LogP contribution is -2.53. The lowest BCUT2D eigenvalue weighted by molar-refractivity contribution is -0.134. The fourth-order valence-corrected chi connectivity index (χ4v) is 3.59. The molecule has 2 fully saturated rings. The summed E-state index contributed by atoms with van der Waals surface area (Å²) in [5.41, 5.74) is 1.06. The number of piperazine rings is 1. The molecule has 0 spiro atoms. The zero-order chi connectivity index (χ0) is 16.4. The van der Waals surface area contributed by atoms with Gasteiger partial charge in [0.15, 0.2) is 0 Å². The molecule has 4 nitrogen and oxygen atoms in total. The number of nitrogens with zero attached hydrogens (tertiary/aromatic N) is 2. The van der Waals surface area contributed by atoms with Crippen LogP contribution in [-0.4, -0.2) is 59.6 Å². The number of aliphatic hydroxyl groups excluding tert-OH is 1. The normalized spacial score (nSPS) is 26.1. The van der Waals surface area contributed by atoms with Gasteiger partial charge in [-0.3, -0.25) is 9.69 Å². The van der Waals surface area contributed by atoms with E-state index in [1.54, 1.807) is 12.1 Å². The Kier molecular flexibility index (Phi) is 4.97. The third-order valence-corrected chi connectivity index (χ3v) is 5.23. The van der Waals surface area contributed by atoms with Crippen LogP contribution in [0.2, 0.25) is 0 Å². The van der Waals surface area contributed by atoms with Gasteiger partial charge in [0.05, 0.1) is 6.61 Å². The second-order valence-electron chi connectivity index (χ2n) is 6.61. The van der Waals surface area contributed by atoms with Gasteiger partial charge in [0.25, 0.3) is 0 Å². The molecule has 1 aromatic carbocycles. The molecule has 0 radical (unpaired) electrons. The number of hydrogen-bond donors (Lipinski definition) is 1. The van der Waals surface area contributed by atoms with Crippen LogP contribution in [0.5, 0.6) is 0 Å². The van der Waals surface area contributed by atoms with Crippen molar-refractivity contribution in [2.45, 2.75) is 31.7 Å². The van der Waals surface area contributed by atoms with Gasteiger partial charge in [-0.2, -0.15) is 0 Å². The summed E-state index contributed by atoms with van der Waals surface area (Å²) in [5.74, 6) is 0.313. The Morgan fingerprint density at radius 1 is 1.26 bits per heavy atom. The summed E-state index contributed by atoms with van der Waals surface area (Å²) >= 11 is 0. The average Bonchev–Trinajstić information content (AvgIpc) is 3.37. The van der Waals surface area contributed by atoms with E-state index < -0.39 is 0 Å².